The molecule has 2 nitrogen and oxygen atoms in total. The number of likely N-dealkylation sites (tertiary alicyclic amines) is 1. The molecular weight excluding hydrogens is 174 g/mol. The number of unbranched alkanes of at least 4 members (excludes halogenated alkanes) is 1. The zero-order chi connectivity index (χ0) is 10.6. The fourth-order valence-electron chi connectivity index (χ4n) is 2.24. The third-order valence-corrected chi connectivity index (χ3v) is 2.88. The number of amides is 1. The van der Waals surface area contributed by atoms with E-state index in [1.165, 1.54) is 12.8 Å². The SMILES string of the molecule is CCCCN1CC(CC(C)C)CC1=O. The predicted octanol–water partition coefficient (Wildman–Crippen LogP) is 2.68. The Bertz CT molecular complexity index is 189. The summed E-state index contributed by atoms with van der Waals surface area (Å²) in [6, 6.07) is 0. The molecular formula is C12H23NO. The molecule has 0 spiro atoms. The van der Waals surface area contributed by atoms with Gasteiger partial charge in [-0.05, 0) is 24.7 Å². The Hall–Kier alpha value is -0.530. The van der Waals surface area contributed by atoms with E-state index in [0.29, 0.717) is 11.8 Å². The average Bonchev–Trinajstić information content (AvgIpc) is 2.41. The quantitative estimate of drug-likeness (QED) is 0.663. The highest BCUT2D eigenvalue weighted by Crippen LogP contribution is 2.24. The zero-order valence-corrected chi connectivity index (χ0v) is 9.75. The van der Waals surface area contributed by atoms with Crippen molar-refractivity contribution in [2.45, 2.75) is 46.5 Å². The normalized spacial score (nSPS) is 22.4. The summed E-state index contributed by atoms with van der Waals surface area (Å²) >= 11 is 0. The molecule has 0 N–H and O–H groups in total. The van der Waals surface area contributed by atoms with Crippen LogP contribution in [0.4, 0.5) is 0 Å². The van der Waals surface area contributed by atoms with Gasteiger partial charge in [-0.3, -0.25) is 4.79 Å². The zero-order valence-electron chi connectivity index (χ0n) is 9.75. The Kier molecular flexibility index (Phi) is 4.43. The summed E-state index contributed by atoms with van der Waals surface area (Å²) in [4.78, 5) is 13.7. The lowest BCUT2D eigenvalue weighted by Crippen LogP contribution is -2.26. The first-order valence-corrected chi connectivity index (χ1v) is 5.91. The second-order valence-electron chi connectivity index (χ2n) is 4.89. The van der Waals surface area contributed by atoms with Crippen LogP contribution < -0.4 is 0 Å². The highest BCUT2D eigenvalue weighted by atomic mass is 16.2. The van der Waals surface area contributed by atoms with E-state index < -0.39 is 0 Å². The number of nitrogens with zero attached hydrogens (tertiary/aromatic N) is 1. The van der Waals surface area contributed by atoms with Crippen molar-refractivity contribution in [1.29, 1.82) is 0 Å². The summed E-state index contributed by atoms with van der Waals surface area (Å²) in [5.74, 6) is 1.72. The Morgan fingerprint density at radius 1 is 1.50 bits per heavy atom. The first kappa shape index (κ1) is 11.5. The third-order valence-electron chi connectivity index (χ3n) is 2.88. The Morgan fingerprint density at radius 3 is 2.79 bits per heavy atom. The monoisotopic (exact) mass is 197 g/mol. The van der Waals surface area contributed by atoms with Crippen LogP contribution in [0.1, 0.15) is 46.5 Å². The van der Waals surface area contributed by atoms with Crippen LogP contribution >= 0.6 is 0 Å². The topological polar surface area (TPSA) is 20.3 Å². The van der Waals surface area contributed by atoms with E-state index in [4.69, 9.17) is 0 Å². The van der Waals surface area contributed by atoms with Crippen LogP contribution in [-0.2, 0) is 4.79 Å². The standard InChI is InChI=1S/C12H23NO/c1-4-5-6-13-9-11(7-10(2)3)8-12(13)14/h10-11H,4-9H2,1-3H3. The molecule has 2 heteroatoms. The molecule has 1 aliphatic heterocycles. The number of carbonyl (C=O) groups excluding carboxylic acids is 1. The van der Waals surface area contributed by atoms with Gasteiger partial charge < -0.3 is 4.90 Å². The minimum absolute atomic E-state index is 0.379. The molecule has 0 radical (unpaired) electrons. The third kappa shape index (κ3) is 3.32. The van der Waals surface area contributed by atoms with Gasteiger partial charge in [0.25, 0.3) is 0 Å². The summed E-state index contributed by atoms with van der Waals surface area (Å²) in [7, 11) is 0. The Labute approximate surface area is 87.7 Å². The van der Waals surface area contributed by atoms with Crippen LogP contribution in [0.2, 0.25) is 0 Å². The van der Waals surface area contributed by atoms with E-state index in [1.54, 1.807) is 0 Å². The van der Waals surface area contributed by atoms with Crippen molar-refractivity contribution in [3.63, 3.8) is 0 Å². The van der Waals surface area contributed by atoms with Crippen molar-refractivity contribution in [3.8, 4) is 0 Å². The minimum atomic E-state index is 0.379. The van der Waals surface area contributed by atoms with Gasteiger partial charge in [0, 0.05) is 19.5 Å². The molecule has 1 atom stereocenters. The summed E-state index contributed by atoms with van der Waals surface area (Å²) in [6.45, 7) is 8.63. The number of carbonyl (C=O) groups is 1. The lowest BCUT2D eigenvalue weighted by Gasteiger charge is -2.16. The molecule has 1 amide bonds. The number of hydrogen-bond acceptors (Lipinski definition) is 1. The highest BCUT2D eigenvalue weighted by Gasteiger charge is 2.28. The van der Waals surface area contributed by atoms with Crippen LogP contribution in [0, 0.1) is 11.8 Å². The Morgan fingerprint density at radius 2 is 2.21 bits per heavy atom. The van der Waals surface area contributed by atoms with Crippen LogP contribution in [0.25, 0.3) is 0 Å². The van der Waals surface area contributed by atoms with E-state index in [9.17, 15) is 4.79 Å². The summed E-state index contributed by atoms with van der Waals surface area (Å²) < 4.78 is 0. The van der Waals surface area contributed by atoms with Gasteiger partial charge in [0.15, 0.2) is 0 Å². The first-order valence-electron chi connectivity index (χ1n) is 5.91. The van der Waals surface area contributed by atoms with E-state index in [0.717, 1.165) is 31.8 Å². The highest BCUT2D eigenvalue weighted by molar-refractivity contribution is 5.78. The number of hydrogen-bond donors (Lipinski definition) is 0. The maximum atomic E-state index is 11.6. The maximum Gasteiger partial charge on any atom is 0.222 e. The average molecular weight is 197 g/mol. The largest absolute Gasteiger partial charge is 0.342 e. The smallest absolute Gasteiger partial charge is 0.222 e. The predicted molar refractivity (Wildman–Crippen MR) is 59.1 cm³/mol. The lowest BCUT2D eigenvalue weighted by molar-refractivity contribution is -0.127. The van der Waals surface area contributed by atoms with E-state index in [2.05, 4.69) is 25.7 Å². The van der Waals surface area contributed by atoms with Crippen LogP contribution in [0.5, 0.6) is 0 Å². The minimum Gasteiger partial charge on any atom is -0.342 e. The molecule has 0 aliphatic carbocycles. The van der Waals surface area contributed by atoms with Crippen molar-refractivity contribution in [1.82, 2.24) is 4.90 Å². The Balaban J connectivity index is 2.31. The second-order valence-corrected chi connectivity index (χ2v) is 4.89. The molecule has 1 saturated heterocycles. The van der Waals surface area contributed by atoms with E-state index in [-0.39, 0.29) is 0 Å². The van der Waals surface area contributed by atoms with Gasteiger partial charge in [-0.1, -0.05) is 27.2 Å². The molecule has 82 valence electrons. The van der Waals surface area contributed by atoms with Gasteiger partial charge >= 0.3 is 0 Å². The van der Waals surface area contributed by atoms with Gasteiger partial charge in [-0.15, -0.1) is 0 Å². The van der Waals surface area contributed by atoms with Gasteiger partial charge in [-0.2, -0.15) is 0 Å². The summed E-state index contributed by atoms with van der Waals surface area (Å²) in [5.41, 5.74) is 0. The van der Waals surface area contributed by atoms with Gasteiger partial charge in [0.1, 0.15) is 0 Å². The van der Waals surface area contributed by atoms with Crippen molar-refractivity contribution < 1.29 is 4.79 Å². The van der Waals surface area contributed by atoms with Crippen LogP contribution in [0.15, 0.2) is 0 Å². The van der Waals surface area contributed by atoms with Crippen molar-refractivity contribution in [3.05, 3.63) is 0 Å². The maximum absolute atomic E-state index is 11.6. The lowest BCUT2D eigenvalue weighted by atomic mass is 9.96. The van der Waals surface area contributed by atoms with Crippen molar-refractivity contribution in [2.24, 2.45) is 11.8 Å². The summed E-state index contributed by atoms with van der Waals surface area (Å²) in [5, 5.41) is 0. The van der Waals surface area contributed by atoms with E-state index >= 15 is 0 Å². The van der Waals surface area contributed by atoms with Crippen LogP contribution in [-0.4, -0.2) is 23.9 Å². The van der Waals surface area contributed by atoms with Crippen LogP contribution in [0.3, 0.4) is 0 Å². The fraction of sp³-hybridized carbons (Fsp3) is 0.917. The molecule has 0 bridgehead atoms. The van der Waals surface area contributed by atoms with E-state index in [1.807, 2.05) is 0 Å². The van der Waals surface area contributed by atoms with Crippen molar-refractivity contribution in [2.75, 3.05) is 13.1 Å². The molecule has 1 unspecified atom stereocenters. The molecule has 0 saturated carbocycles. The first-order chi connectivity index (χ1) is 6.63. The molecule has 1 fully saturated rings. The molecule has 0 aromatic heterocycles. The molecule has 1 rings (SSSR count). The molecule has 1 heterocycles. The molecule has 0 aromatic carbocycles. The number of rotatable bonds is 5. The summed E-state index contributed by atoms with van der Waals surface area (Å²) in [6.07, 6.45) is 4.33. The molecule has 1 aliphatic rings. The second kappa shape index (κ2) is 5.38. The molecule has 14 heavy (non-hydrogen) atoms. The van der Waals surface area contributed by atoms with Crippen molar-refractivity contribution >= 4 is 5.91 Å². The molecule has 0 aromatic rings. The van der Waals surface area contributed by atoms with Gasteiger partial charge in [-0.25, -0.2) is 0 Å². The van der Waals surface area contributed by atoms with Gasteiger partial charge in [0.2, 0.25) is 5.91 Å². The van der Waals surface area contributed by atoms with Gasteiger partial charge in [0.05, 0.1) is 0 Å². The fourth-order valence-corrected chi connectivity index (χ4v) is 2.24.